The van der Waals surface area contributed by atoms with E-state index in [1.54, 1.807) is 0 Å². The van der Waals surface area contributed by atoms with Crippen molar-refractivity contribution in [1.82, 2.24) is 4.90 Å². The Hall–Kier alpha value is -0.0800. The van der Waals surface area contributed by atoms with Gasteiger partial charge in [-0.1, -0.05) is 34.1 Å². The molecule has 2 fully saturated rings. The summed E-state index contributed by atoms with van der Waals surface area (Å²) in [5, 5.41) is 10.4. The highest BCUT2D eigenvalue weighted by Crippen LogP contribution is 2.41. The molecule has 0 bridgehead atoms. The van der Waals surface area contributed by atoms with Crippen molar-refractivity contribution in [3.8, 4) is 0 Å². The molecule has 2 aliphatic rings. The Bertz CT molecular complexity index is 296. The third kappa shape index (κ3) is 3.98. The lowest BCUT2D eigenvalue weighted by molar-refractivity contribution is -0.00845. The number of aliphatic hydroxyl groups is 1. The Kier molecular flexibility index (Phi) is 5.53. The van der Waals surface area contributed by atoms with Crippen LogP contribution in [0.3, 0.4) is 0 Å². The predicted octanol–water partition coefficient (Wildman–Crippen LogP) is 4.07. The minimum Gasteiger partial charge on any atom is -0.393 e. The maximum atomic E-state index is 10.4. The van der Waals surface area contributed by atoms with Gasteiger partial charge in [0.2, 0.25) is 0 Å². The van der Waals surface area contributed by atoms with Gasteiger partial charge in [-0.2, -0.15) is 0 Å². The van der Waals surface area contributed by atoms with Gasteiger partial charge in [-0.25, -0.2) is 0 Å². The molecule has 4 unspecified atom stereocenters. The van der Waals surface area contributed by atoms with E-state index in [9.17, 15) is 5.11 Å². The molecule has 2 rings (SSSR count). The minimum atomic E-state index is -0.0620. The monoisotopic (exact) mass is 281 g/mol. The number of piperidine rings is 1. The van der Waals surface area contributed by atoms with Crippen molar-refractivity contribution in [3.63, 3.8) is 0 Å². The topological polar surface area (TPSA) is 23.5 Å². The van der Waals surface area contributed by atoms with Crippen molar-refractivity contribution in [1.29, 1.82) is 0 Å². The largest absolute Gasteiger partial charge is 0.393 e. The summed E-state index contributed by atoms with van der Waals surface area (Å²) in [5.41, 5.74) is 0.393. The first-order valence-electron chi connectivity index (χ1n) is 8.84. The van der Waals surface area contributed by atoms with Crippen LogP contribution in [0.25, 0.3) is 0 Å². The van der Waals surface area contributed by atoms with E-state index in [0.29, 0.717) is 11.3 Å². The molecule has 1 aliphatic heterocycles. The molecule has 1 aliphatic carbocycles. The van der Waals surface area contributed by atoms with E-state index in [1.807, 2.05) is 0 Å². The first-order valence-corrected chi connectivity index (χ1v) is 8.84. The number of nitrogens with zero attached hydrogens (tertiary/aromatic N) is 1. The quantitative estimate of drug-likeness (QED) is 0.843. The molecule has 0 spiro atoms. The molecule has 2 nitrogen and oxygen atoms in total. The smallest absolute Gasteiger partial charge is 0.0580 e. The second kappa shape index (κ2) is 6.79. The molecule has 0 radical (unpaired) electrons. The molecule has 1 N–H and O–H groups in total. The molecule has 118 valence electrons. The Balaban J connectivity index is 1.95. The number of hydrogen-bond acceptors (Lipinski definition) is 2. The van der Waals surface area contributed by atoms with Gasteiger partial charge < -0.3 is 10.0 Å². The Morgan fingerprint density at radius 2 is 1.85 bits per heavy atom. The highest BCUT2D eigenvalue weighted by atomic mass is 16.3. The van der Waals surface area contributed by atoms with Crippen molar-refractivity contribution >= 4 is 0 Å². The van der Waals surface area contributed by atoms with Crippen LogP contribution < -0.4 is 0 Å². The molecule has 0 aromatic rings. The molecular formula is C18H35NO. The van der Waals surface area contributed by atoms with Gasteiger partial charge in [-0.15, -0.1) is 0 Å². The normalized spacial score (nSPS) is 37.0. The number of hydrogen-bond donors (Lipinski definition) is 1. The lowest BCUT2D eigenvalue weighted by Crippen LogP contribution is -2.46. The Morgan fingerprint density at radius 1 is 1.10 bits per heavy atom. The highest BCUT2D eigenvalue weighted by molar-refractivity contribution is 4.88. The lowest BCUT2D eigenvalue weighted by atomic mass is 9.68. The average molecular weight is 281 g/mol. The zero-order chi connectivity index (χ0) is 14.8. The minimum absolute atomic E-state index is 0.0620. The first-order chi connectivity index (χ1) is 9.41. The fraction of sp³-hybridized carbons (Fsp3) is 1.00. The Morgan fingerprint density at radius 3 is 2.50 bits per heavy atom. The fourth-order valence-corrected chi connectivity index (χ4v) is 4.29. The Labute approximate surface area is 125 Å². The van der Waals surface area contributed by atoms with E-state index < -0.39 is 0 Å². The third-order valence-electron chi connectivity index (χ3n) is 5.86. The van der Waals surface area contributed by atoms with Crippen molar-refractivity contribution in [3.05, 3.63) is 0 Å². The van der Waals surface area contributed by atoms with Gasteiger partial charge in [0.25, 0.3) is 0 Å². The van der Waals surface area contributed by atoms with Gasteiger partial charge >= 0.3 is 0 Å². The summed E-state index contributed by atoms with van der Waals surface area (Å²) >= 11 is 0. The van der Waals surface area contributed by atoms with Crippen LogP contribution in [-0.4, -0.2) is 35.2 Å². The van der Waals surface area contributed by atoms with Crippen molar-refractivity contribution in [2.75, 3.05) is 13.1 Å². The molecule has 1 saturated carbocycles. The molecule has 2 heteroatoms. The summed E-state index contributed by atoms with van der Waals surface area (Å²) in [6, 6.07) is 0.769. The zero-order valence-electron chi connectivity index (χ0n) is 14.1. The summed E-state index contributed by atoms with van der Waals surface area (Å²) in [5.74, 6) is 1.28. The summed E-state index contributed by atoms with van der Waals surface area (Å²) in [7, 11) is 0. The third-order valence-corrected chi connectivity index (χ3v) is 5.86. The van der Waals surface area contributed by atoms with Gasteiger partial charge in [0, 0.05) is 12.6 Å². The van der Waals surface area contributed by atoms with E-state index in [2.05, 4.69) is 32.6 Å². The van der Waals surface area contributed by atoms with E-state index >= 15 is 0 Å². The summed E-state index contributed by atoms with van der Waals surface area (Å²) in [6.07, 6.45) is 8.75. The van der Waals surface area contributed by atoms with Crippen molar-refractivity contribution in [2.45, 2.75) is 84.8 Å². The predicted molar refractivity (Wildman–Crippen MR) is 85.8 cm³/mol. The summed E-state index contributed by atoms with van der Waals surface area (Å²) in [6.45, 7) is 11.8. The van der Waals surface area contributed by atoms with Gasteiger partial charge in [0.1, 0.15) is 0 Å². The van der Waals surface area contributed by atoms with Crippen LogP contribution in [-0.2, 0) is 0 Å². The van der Waals surface area contributed by atoms with Crippen LogP contribution in [0.5, 0.6) is 0 Å². The fourth-order valence-electron chi connectivity index (χ4n) is 4.29. The molecule has 4 atom stereocenters. The molecule has 0 amide bonds. The van der Waals surface area contributed by atoms with Crippen LogP contribution in [0.2, 0.25) is 0 Å². The van der Waals surface area contributed by atoms with Gasteiger partial charge in [-0.05, 0) is 62.3 Å². The van der Waals surface area contributed by atoms with E-state index in [4.69, 9.17) is 0 Å². The average Bonchev–Trinajstić information content (AvgIpc) is 2.40. The molecule has 0 aromatic carbocycles. The van der Waals surface area contributed by atoms with Crippen LogP contribution >= 0.6 is 0 Å². The van der Waals surface area contributed by atoms with E-state index in [-0.39, 0.29) is 6.10 Å². The number of likely N-dealkylation sites (tertiary alicyclic amines) is 1. The molecular weight excluding hydrogens is 246 g/mol. The second-order valence-electron chi connectivity index (χ2n) is 8.26. The van der Waals surface area contributed by atoms with E-state index in [0.717, 1.165) is 24.9 Å². The molecule has 0 aromatic heterocycles. The van der Waals surface area contributed by atoms with E-state index in [1.165, 1.54) is 45.1 Å². The van der Waals surface area contributed by atoms with Crippen LogP contribution in [0.15, 0.2) is 0 Å². The van der Waals surface area contributed by atoms with Gasteiger partial charge in [-0.3, -0.25) is 0 Å². The zero-order valence-corrected chi connectivity index (χ0v) is 14.1. The maximum Gasteiger partial charge on any atom is 0.0580 e. The number of aliphatic hydroxyl groups excluding tert-OH is 1. The van der Waals surface area contributed by atoms with Crippen LogP contribution in [0.1, 0.15) is 72.6 Å². The van der Waals surface area contributed by atoms with Crippen LogP contribution in [0, 0.1) is 17.3 Å². The maximum absolute atomic E-state index is 10.4. The highest BCUT2D eigenvalue weighted by Gasteiger charge is 2.36. The first kappa shape index (κ1) is 16.3. The standard InChI is InChI=1S/C18H35NO/c1-5-16-8-6-7-11-19(16)13-14-12-15(18(2,3)4)9-10-17(14)20/h14-17,20H,5-13H2,1-4H3. The summed E-state index contributed by atoms with van der Waals surface area (Å²) < 4.78 is 0. The molecule has 1 saturated heterocycles. The SMILES string of the molecule is CCC1CCCCN1CC1CC(C(C)(C)C)CCC1O. The van der Waals surface area contributed by atoms with Gasteiger partial charge in [0.05, 0.1) is 6.10 Å². The lowest BCUT2D eigenvalue weighted by Gasteiger charge is -2.44. The van der Waals surface area contributed by atoms with Gasteiger partial charge in [0.15, 0.2) is 0 Å². The summed E-state index contributed by atoms with van der Waals surface area (Å²) in [4.78, 5) is 2.68. The van der Waals surface area contributed by atoms with Crippen molar-refractivity contribution < 1.29 is 5.11 Å². The number of rotatable bonds is 3. The molecule has 1 heterocycles. The molecule has 20 heavy (non-hydrogen) atoms. The van der Waals surface area contributed by atoms with Crippen LogP contribution in [0.4, 0.5) is 0 Å². The second-order valence-corrected chi connectivity index (χ2v) is 8.26. The van der Waals surface area contributed by atoms with Crippen molar-refractivity contribution in [2.24, 2.45) is 17.3 Å².